The van der Waals surface area contributed by atoms with E-state index in [2.05, 4.69) is 0 Å². The molecular weight excluding hydrogens is 207 g/mol. The molecule has 0 spiro atoms. The number of likely N-dealkylation sites (N-methyl/N-ethyl adjacent to an activating group) is 1. The average Bonchev–Trinajstić information content (AvgIpc) is 2.25. The summed E-state index contributed by atoms with van der Waals surface area (Å²) in [6.07, 6.45) is 0. The fourth-order valence-corrected chi connectivity index (χ4v) is 1.52. The quantitative estimate of drug-likeness (QED) is 0.843. The van der Waals surface area contributed by atoms with Crippen LogP contribution in [0.1, 0.15) is 22.8 Å². The monoisotopic (exact) mass is 224 g/mol. The summed E-state index contributed by atoms with van der Waals surface area (Å²) in [5.74, 6) is -0.772. The molecule has 0 aliphatic heterocycles. The third-order valence-corrected chi connectivity index (χ3v) is 2.42. The lowest BCUT2D eigenvalue weighted by molar-refractivity contribution is 0.0764. The van der Waals surface area contributed by atoms with Crippen LogP contribution in [0.4, 0.5) is 4.39 Å². The molecule has 0 heterocycles. The summed E-state index contributed by atoms with van der Waals surface area (Å²) in [6.45, 7) is 4.99. The van der Waals surface area contributed by atoms with Crippen molar-refractivity contribution in [3.63, 3.8) is 0 Å². The van der Waals surface area contributed by atoms with E-state index in [0.717, 1.165) is 5.56 Å². The molecule has 0 aliphatic carbocycles. The highest BCUT2D eigenvalue weighted by Crippen LogP contribution is 2.12. The number of nitrogens with two attached hydrogens (primary N) is 1. The van der Waals surface area contributed by atoms with E-state index in [9.17, 15) is 9.18 Å². The Balaban J connectivity index is 2.94. The van der Waals surface area contributed by atoms with Gasteiger partial charge in [0.25, 0.3) is 5.91 Å². The number of hydrogen-bond acceptors (Lipinski definition) is 2. The number of carbonyl (C=O) groups excluding carboxylic acids is 1. The third kappa shape index (κ3) is 2.79. The first-order valence-corrected chi connectivity index (χ1v) is 5.35. The van der Waals surface area contributed by atoms with Gasteiger partial charge in [-0.15, -0.1) is 0 Å². The van der Waals surface area contributed by atoms with Crippen molar-refractivity contribution in [2.24, 2.45) is 5.73 Å². The van der Waals surface area contributed by atoms with E-state index in [-0.39, 0.29) is 11.5 Å². The van der Waals surface area contributed by atoms with E-state index >= 15 is 0 Å². The standard InChI is InChI=1S/C12H17FN2O/c1-3-15(7-6-14)12(16)10-5-4-9(2)8-11(10)13/h4-5,8H,3,6-7,14H2,1-2H3. The van der Waals surface area contributed by atoms with Gasteiger partial charge in [0, 0.05) is 19.6 Å². The minimum Gasteiger partial charge on any atom is -0.338 e. The fraction of sp³-hybridized carbons (Fsp3) is 0.417. The second-order valence-electron chi connectivity index (χ2n) is 3.66. The molecule has 0 unspecified atom stereocenters. The van der Waals surface area contributed by atoms with E-state index in [1.807, 2.05) is 6.92 Å². The molecule has 4 heteroatoms. The predicted molar refractivity (Wildman–Crippen MR) is 61.8 cm³/mol. The molecule has 3 nitrogen and oxygen atoms in total. The molecular formula is C12H17FN2O. The molecule has 0 atom stereocenters. The molecule has 0 bridgehead atoms. The SMILES string of the molecule is CCN(CCN)C(=O)c1ccc(C)cc1F. The molecule has 1 rings (SSSR count). The second kappa shape index (κ2) is 5.61. The highest BCUT2D eigenvalue weighted by molar-refractivity contribution is 5.94. The summed E-state index contributed by atoms with van der Waals surface area (Å²) < 4.78 is 13.6. The van der Waals surface area contributed by atoms with Gasteiger partial charge in [0.15, 0.2) is 0 Å². The molecule has 0 aliphatic rings. The second-order valence-corrected chi connectivity index (χ2v) is 3.66. The molecule has 88 valence electrons. The summed E-state index contributed by atoms with van der Waals surface area (Å²) >= 11 is 0. The summed E-state index contributed by atoms with van der Waals surface area (Å²) in [7, 11) is 0. The van der Waals surface area contributed by atoms with E-state index in [4.69, 9.17) is 5.73 Å². The number of hydrogen-bond donors (Lipinski definition) is 1. The van der Waals surface area contributed by atoms with E-state index in [1.165, 1.54) is 17.0 Å². The first-order valence-electron chi connectivity index (χ1n) is 5.35. The van der Waals surface area contributed by atoms with Gasteiger partial charge in [-0.05, 0) is 31.5 Å². The number of rotatable bonds is 4. The summed E-state index contributed by atoms with van der Waals surface area (Å²) in [5, 5.41) is 0. The maximum absolute atomic E-state index is 13.6. The lowest BCUT2D eigenvalue weighted by Gasteiger charge is -2.20. The van der Waals surface area contributed by atoms with Crippen molar-refractivity contribution in [1.82, 2.24) is 4.90 Å². The van der Waals surface area contributed by atoms with Crippen LogP contribution in [-0.4, -0.2) is 30.4 Å². The number of halogens is 1. The van der Waals surface area contributed by atoms with Crippen molar-refractivity contribution in [3.05, 3.63) is 35.1 Å². The van der Waals surface area contributed by atoms with Gasteiger partial charge in [-0.1, -0.05) is 6.07 Å². The Kier molecular flexibility index (Phi) is 4.43. The van der Waals surface area contributed by atoms with Gasteiger partial charge in [0.05, 0.1) is 5.56 Å². The van der Waals surface area contributed by atoms with Crippen LogP contribution in [-0.2, 0) is 0 Å². The van der Waals surface area contributed by atoms with Gasteiger partial charge in [0.2, 0.25) is 0 Å². The molecule has 1 aromatic carbocycles. The number of nitrogens with zero attached hydrogens (tertiary/aromatic N) is 1. The number of aryl methyl sites for hydroxylation is 1. The Bertz CT molecular complexity index is 379. The first-order chi connectivity index (χ1) is 7.60. The Morgan fingerprint density at radius 1 is 1.50 bits per heavy atom. The van der Waals surface area contributed by atoms with Crippen LogP contribution in [0.25, 0.3) is 0 Å². The van der Waals surface area contributed by atoms with Crippen molar-refractivity contribution in [3.8, 4) is 0 Å². The molecule has 0 fully saturated rings. The average molecular weight is 224 g/mol. The van der Waals surface area contributed by atoms with Gasteiger partial charge in [-0.3, -0.25) is 4.79 Å². The smallest absolute Gasteiger partial charge is 0.256 e. The van der Waals surface area contributed by atoms with Gasteiger partial charge < -0.3 is 10.6 Å². The summed E-state index contributed by atoms with van der Waals surface area (Å²) in [5.41, 5.74) is 6.31. The Morgan fingerprint density at radius 3 is 2.69 bits per heavy atom. The van der Waals surface area contributed by atoms with Gasteiger partial charge >= 0.3 is 0 Å². The Hall–Kier alpha value is -1.42. The lowest BCUT2D eigenvalue weighted by atomic mass is 10.1. The van der Waals surface area contributed by atoms with Crippen molar-refractivity contribution < 1.29 is 9.18 Å². The van der Waals surface area contributed by atoms with Crippen molar-refractivity contribution in [1.29, 1.82) is 0 Å². The van der Waals surface area contributed by atoms with Crippen LogP contribution in [0.2, 0.25) is 0 Å². The van der Waals surface area contributed by atoms with E-state index in [1.54, 1.807) is 13.0 Å². The molecule has 2 N–H and O–H groups in total. The normalized spacial score (nSPS) is 10.2. The molecule has 0 aromatic heterocycles. The Morgan fingerprint density at radius 2 is 2.19 bits per heavy atom. The maximum Gasteiger partial charge on any atom is 0.256 e. The molecule has 1 amide bonds. The number of amides is 1. The summed E-state index contributed by atoms with van der Waals surface area (Å²) in [6, 6.07) is 4.61. The van der Waals surface area contributed by atoms with Crippen LogP contribution in [0.15, 0.2) is 18.2 Å². The fourth-order valence-electron chi connectivity index (χ4n) is 1.52. The maximum atomic E-state index is 13.6. The number of carbonyl (C=O) groups is 1. The zero-order chi connectivity index (χ0) is 12.1. The molecule has 0 saturated carbocycles. The number of benzene rings is 1. The molecule has 1 aromatic rings. The van der Waals surface area contributed by atoms with Crippen LogP contribution in [0.5, 0.6) is 0 Å². The largest absolute Gasteiger partial charge is 0.338 e. The van der Waals surface area contributed by atoms with Crippen molar-refractivity contribution >= 4 is 5.91 Å². The molecule has 0 radical (unpaired) electrons. The molecule has 0 saturated heterocycles. The molecule has 16 heavy (non-hydrogen) atoms. The van der Waals surface area contributed by atoms with E-state index < -0.39 is 5.82 Å². The minimum atomic E-state index is -0.472. The Labute approximate surface area is 95.0 Å². The zero-order valence-corrected chi connectivity index (χ0v) is 9.66. The van der Waals surface area contributed by atoms with Crippen LogP contribution < -0.4 is 5.73 Å². The van der Waals surface area contributed by atoms with Crippen molar-refractivity contribution in [2.75, 3.05) is 19.6 Å². The van der Waals surface area contributed by atoms with Crippen molar-refractivity contribution in [2.45, 2.75) is 13.8 Å². The van der Waals surface area contributed by atoms with Gasteiger partial charge in [-0.2, -0.15) is 0 Å². The topological polar surface area (TPSA) is 46.3 Å². The van der Waals surface area contributed by atoms with Crippen LogP contribution in [0.3, 0.4) is 0 Å². The van der Waals surface area contributed by atoms with Gasteiger partial charge in [-0.25, -0.2) is 4.39 Å². The highest BCUT2D eigenvalue weighted by atomic mass is 19.1. The van der Waals surface area contributed by atoms with E-state index in [0.29, 0.717) is 19.6 Å². The highest BCUT2D eigenvalue weighted by Gasteiger charge is 2.17. The third-order valence-electron chi connectivity index (χ3n) is 2.42. The first kappa shape index (κ1) is 12.6. The minimum absolute atomic E-state index is 0.112. The lowest BCUT2D eigenvalue weighted by Crippen LogP contribution is -2.35. The van der Waals surface area contributed by atoms with Crippen LogP contribution >= 0.6 is 0 Å². The zero-order valence-electron chi connectivity index (χ0n) is 9.66. The summed E-state index contributed by atoms with van der Waals surface area (Å²) in [4.78, 5) is 13.5. The predicted octanol–water partition coefficient (Wildman–Crippen LogP) is 1.55. The van der Waals surface area contributed by atoms with Crippen LogP contribution in [0, 0.1) is 12.7 Å². The van der Waals surface area contributed by atoms with Gasteiger partial charge in [0.1, 0.15) is 5.82 Å².